The van der Waals surface area contributed by atoms with Gasteiger partial charge >= 0.3 is 13.2 Å². The fraction of sp³-hybridized carbons (Fsp3) is 0.387. The van der Waals surface area contributed by atoms with Crippen molar-refractivity contribution < 1.29 is 50.1 Å². The highest BCUT2D eigenvalue weighted by atomic mass is 32.2. The van der Waals surface area contributed by atoms with Gasteiger partial charge in [-0.1, -0.05) is 19.1 Å². The van der Waals surface area contributed by atoms with Crippen LogP contribution >= 0.6 is 0 Å². The van der Waals surface area contributed by atoms with E-state index in [1.54, 1.807) is 43.3 Å². The third kappa shape index (κ3) is 9.31. The molecular formula is C31H34F4N2O7S. The van der Waals surface area contributed by atoms with Gasteiger partial charge in [0.15, 0.2) is 9.84 Å². The van der Waals surface area contributed by atoms with Crippen molar-refractivity contribution in [1.29, 1.82) is 0 Å². The first-order valence-electron chi connectivity index (χ1n) is 14.2. The number of nitrogens with zero attached hydrogens (tertiary/aromatic N) is 1. The van der Waals surface area contributed by atoms with Crippen LogP contribution in [-0.4, -0.2) is 70.3 Å². The van der Waals surface area contributed by atoms with Gasteiger partial charge in [-0.05, 0) is 72.6 Å². The number of amides is 1. The zero-order chi connectivity index (χ0) is 32.6. The van der Waals surface area contributed by atoms with E-state index in [1.165, 1.54) is 36.4 Å². The third-order valence-electron chi connectivity index (χ3n) is 7.35. The van der Waals surface area contributed by atoms with Crippen LogP contribution in [0.2, 0.25) is 0 Å². The number of halogens is 4. The minimum Gasteiger partial charge on any atom is -0.489 e. The number of ether oxygens (including phenoxy) is 3. The van der Waals surface area contributed by atoms with Gasteiger partial charge in [-0.25, -0.2) is 8.42 Å². The summed E-state index contributed by atoms with van der Waals surface area (Å²) in [5.74, 6) is -0.104. The van der Waals surface area contributed by atoms with Gasteiger partial charge in [-0.3, -0.25) is 4.79 Å². The van der Waals surface area contributed by atoms with Crippen LogP contribution in [0.1, 0.15) is 41.7 Å². The van der Waals surface area contributed by atoms with Crippen LogP contribution in [0.15, 0.2) is 77.7 Å². The molecule has 1 unspecified atom stereocenters. The van der Waals surface area contributed by atoms with Crippen molar-refractivity contribution in [3.8, 4) is 11.5 Å². The average molecular weight is 655 g/mol. The van der Waals surface area contributed by atoms with Crippen molar-refractivity contribution in [2.45, 2.75) is 56.1 Å². The van der Waals surface area contributed by atoms with Crippen LogP contribution in [-0.2, 0) is 14.6 Å². The van der Waals surface area contributed by atoms with Gasteiger partial charge in [0.1, 0.15) is 17.6 Å². The number of alkyl halides is 4. The zero-order valence-electron chi connectivity index (χ0n) is 24.3. The highest BCUT2D eigenvalue weighted by Gasteiger charge is 2.34. The Balaban J connectivity index is 1.44. The molecule has 4 rings (SSSR count). The smallest absolute Gasteiger partial charge is 0.387 e. The van der Waals surface area contributed by atoms with Gasteiger partial charge < -0.3 is 29.5 Å². The first-order valence-corrected chi connectivity index (χ1v) is 15.9. The number of rotatable bonds is 15. The van der Waals surface area contributed by atoms with Gasteiger partial charge in [0, 0.05) is 24.3 Å². The molecule has 3 aromatic rings. The number of carbonyl (C=O) groups excluding carboxylic acids is 1. The van der Waals surface area contributed by atoms with E-state index in [1.807, 2.05) is 4.90 Å². The summed E-state index contributed by atoms with van der Waals surface area (Å²) in [6.45, 7) is -4.55. The molecule has 0 spiro atoms. The van der Waals surface area contributed by atoms with Gasteiger partial charge in [0.2, 0.25) is 0 Å². The molecule has 14 heteroatoms. The number of benzene rings is 3. The first-order chi connectivity index (χ1) is 21.5. The minimum atomic E-state index is -3.39. The number of aliphatic hydroxyl groups is 1. The SMILES string of the molecule is CCS(=O)(=O)c1ccc(C(CCO)NC(=O)c2ccc(N3C[C@@H](Oc4ccc(OC(F)F)cc4)C[C@H]3COC(F)F)cc2)cc1. The monoisotopic (exact) mass is 654 g/mol. The number of hydrogen-bond acceptors (Lipinski definition) is 8. The van der Waals surface area contributed by atoms with Gasteiger partial charge in [-0.2, -0.15) is 17.6 Å². The van der Waals surface area contributed by atoms with Crippen molar-refractivity contribution in [3.63, 3.8) is 0 Å². The van der Waals surface area contributed by atoms with Crippen LogP contribution in [0, 0.1) is 0 Å². The highest BCUT2D eigenvalue weighted by Crippen LogP contribution is 2.30. The molecule has 0 bridgehead atoms. The van der Waals surface area contributed by atoms with E-state index < -0.39 is 47.2 Å². The third-order valence-corrected chi connectivity index (χ3v) is 9.10. The number of hydrogen-bond donors (Lipinski definition) is 2. The number of nitrogens with one attached hydrogen (secondary N) is 1. The Morgan fingerprint density at radius 1 is 0.956 bits per heavy atom. The Hall–Kier alpha value is -3.88. The lowest BCUT2D eigenvalue weighted by atomic mass is 10.0. The molecule has 0 saturated carbocycles. The lowest BCUT2D eigenvalue weighted by molar-refractivity contribution is -0.131. The summed E-state index contributed by atoms with van der Waals surface area (Å²) in [5, 5.41) is 12.4. The second-order valence-electron chi connectivity index (χ2n) is 10.3. The van der Waals surface area contributed by atoms with Gasteiger partial charge in [0.05, 0.1) is 35.9 Å². The molecule has 1 amide bonds. The van der Waals surface area contributed by atoms with Crippen molar-refractivity contribution in [2.75, 3.05) is 30.4 Å². The van der Waals surface area contributed by atoms with Crippen LogP contribution in [0.4, 0.5) is 23.2 Å². The van der Waals surface area contributed by atoms with Crippen LogP contribution < -0.4 is 19.7 Å². The summed E-state index contributed by atoms with van der Waals surface area (Å²) >= 11 is 0. The lowest BCUT2D eigenvalue weighted by Crippen LogP contribution is -2.34. The molecule has 2 N–H and O–H groups in total. The number of carbonyl (C=O) groups is 1. The maximum atomic E-state index is 13.1. The van der Waals surface area contributed by atoms with E-state index in [4.69, 9.17) is 4.74 Å². The zero-order valence-corrected chi connectivity index (χ0v) is 25.1. The number of anilines is 1. The Morgan fingerprint density at radius 3 is 2.18 bits per heavy atom. The molecule has 3 atom stereocenters. The van der Waals surface area contributed by atoms with E-state index in [-0.39, 0.29) is 36.0 Å². The molecule has 9 nitrogen and oxygen atoms in total. The summed E-state index contributed by atoms with van der Waals surface area (Å²) in [6.07, 6.45) is 0.108. The molecule has 1 aliphatic heterocycles. The summed E-state index contributed by atoms with van der Waals surface area (Å²) in [4.78, 5) is 15.1. The van der Waals surface area contributed by atoms with E-state index in [0.717, 1.165) is 0 Å². The molecule has 1 aliphatic rings. The van der Waals surface area contributed by atoms with E-state index in [2.05, 4.69) is 14.8 Å². The molecule has 1 fully saturated rings. The fourth-order valence-electron chi connectivity index (χ4n) is 5.08. The lowest BCUT2D eigenvalue weighted by Gasteiger charge is -2.26. The normalized spacial score (nSPS) is 17.5. The Bertz CT molecular complexity index is 1490. The van der Waals surface area contributed by atoms with Crippen molar-refractivity contribution >= 4 is 21.4 Å². The van der Waals surface area contributed by atoms with E-state index in [9.17, 15) is 35.9 Å². The van der Waals surface area contributed by atoms with Crippen LogP contribution in [0.5, 0.6) is 11.5 Å². The number of aliphatic hydroxyl groups excluding tert-OH is 1. The Labute approximate surface area is 258 Å². The minimum absolute atomic E-state index is 0.0271. The molecule has 45 heavy (non-hydrogen) atoms. The number of sulfone groups is 1. The second kappa shape index (κ2) is 15.4. The molecule has 3 aromatic carbocycles. The van der Waals surface area contributed by atoms with Crippen LogP contribution in [0.25, 0.3) is 0 Å². The predicted molar refractivity (Wildman–Crippen MR) is 158 cm³/mol. The van der Waals surface area contributed by atoms with E-state index >= 15 is 0 Å². The summed E-state index contributed by atoms with van der Waals surface area (Å²) in [6, 6.07) is 17.2. The van der Waals surface area contributed by atoms with Gasteiger partial charge in [-0.15, -0.1) is 0 Å². The van der Waals surface area contributed by atoms with E-state index in [0.29, 0.717) is 35.5 Å². The quantitative estimate of drug-likeness (QED) is 0.215. The second-order valence-corrected chi connectivity index (χ2v) is 12.6. The van der Waals surface area contributed by atoms with Crippen molar-refractivity contribution in [2.24, 2.45) is 0 Å². The largest absolute Gasteiger partial charge is 0.489 e. The highest BCUT2D eigenvalue weighted by molar-refractivity contribution is 7.91. The molecule has 244 valence electrons. The standard InChI is InChI=1S/C31H34F4N2O7S/c1-2-45(40,41)27-13-5-20(6-14-27)28(15-16-38)36-29(39)21-3-7-22(8-4-21)37-18-26(17-23(37)19-42-30(32)33)43-24-9-11-25(12-10-24)44-31(34)35/h3-14,23,26,28,30-31,38H,2,15-19H2,1H3,(H,36,39)/t23-,26-,28?/m0/s1. The molecule has 0 aromatic heterocycles. The van der Waals surface area contributed by atoms with Crippen molar-refractivity contribution in [3.05, 3.63) is 83.9 Å². The molecule has 1 saturated heterocycles. The Kier molecular flexibility index (Phi) is 11.6. The van der Waals surface area contributed by atoms with Crippen LogP contribution in [0.3, 0.4) is 0 Å². The topological polar surface area (TPSA) is 114 Å². The first kappa shape index (κ1) is 34.0. The average Bonchev–Trinajstić information content (AvgIpc) is 3.43. The maximum absolute atomic E-state index is 13.1. The molecule has 0 radical (unpaired) electrons. The van der Waals surface area contributed by atoms with Crippen molar-refractivity contribution in [1.82, 2.24) is 5.32 Å². The predicted octanol–water partition coefficient (Wildman–Crippen LogP) is 5.20. The molecule has 1 heterocycles. The molecular weight excluding hydrogens is 620 g/mol. The summed E-state index contributed by atoms with van der Waals surface area (Å²) in [7, 11) is -3.39. The Morgan fingerprint density at radius 2 is 1.60 bits per heavy atom. The van der Waals surface area contributed by atoms with Gasteiger partial charge in [0.25, 0.3) is 5.91 Å². The fourth-order valence-corrected chi connectivity index (χ4v) is 5.96. The molecule has 0 aliphatic carbocycles. The maximum Gasteiger partial charge on any atom is 0.387 e. The summed E-state index contributed by atoms with van der Waals surface area (Å²) < 4.78 is 89.8. The summed E-state index contributed by atoms with van der Waals surface area (Å²) in [5.41, 5.74) is 1.58.